The first-order valence-electron chi connectivity index (χ1n) is 6.07. The second-order valence-corrected chi connectivity index (χ2v) is 6.32. The molecule has 2 rings (SSSR count). The van der Waals surface area contributed by atoms with Crippen molar-refractivity contribution in [2.45, 2.75) is 18.7 Å². The van der Waals surface area contributed by atoms with E-state index in [4.69, 9.17) is 4.74 Å². The Balaban J connectivity index is 2.00. The highest BCUT2D eigenvalue weighted by Crippen LogP contribution is 2.17. The minimum absolute atomic E-state index is 0.0485. The van der Waals surface area contributed by atoms with Gasteiger partial charge in [0, 0.05) is 6.26 Å². The van der Waals surface area contributed by atoms with Crippen molar-refractivity contribution in [2.75, 3.05) is 24.7 Å². The molecule has 0 atom stereocenters. The molecule has 0 spiro atoms. The van der Waals surface area contributed by atoms with Crippen LogP contribution in [0.3, 0.4) is 0 Å². The Morgan fingerprint density at radius 3 is 2.71 bits per heavy atom. The number of hydrogen-bond acceptors (Lipinski definition) is 9. The number of aromatic nitrogens is 4. The van der Waals surface area contributed by atoms with Crippen molar-refractivity contribution in [3.63, 3.8) is 0 Å². The molecule has 0 amide bonds. The number of ether oxygens (including phenoxy) is 1. The van der Waals surface area contributed by atoms with Crippen molar-refractivity contribution < 1.29 is 17.8 Å². The lowest BCUT2D eigenvalue weighted by atomic mass is 10.5. The van der Waals surface area contributed by atoms with E-state index in [2.05, 4.69) is 30.2 Å². The van der Waals surface area contributed by atoms with Crippen LogP contribution in [0.2, 0.25) is 0 Å². The van der Waals surface area contributed by atoms with Crippen LogP contribution < -0.4 is 10.1 Å². The van der Waals surface area contributed by atoms with Crippen LogP contribution in [-0.4, -0.2) is 48.1 Å². The Bertz CT molecular complexity index is 728. The summed E-state index contributed by atoms with van der Waals surface area (Å²) in [6.45, 7) is 3.97. The number of aryl methyl sites for hydroxylation is 2. The molecule has 0 aromatic carbocycles. The minimum Gasteiger partial charge on any atom is -0.472 e. The summed E-state index contributed by atoms with van der Waals surface area (Å²) in [5.74, 6) is 1.03. The Morgan fingerprint density at radius 2 is 2.10 bits per heavy atom. The van der Waals surface area contributed by atoms with Gasteiger partial charge in [-0.2, -0.15) is 0 Å². The zero-order valence-corrected chi connectivity index (χ0v) is 12.6. The molecule has 1 N–H and O–H groups in total. The van der Waals surface area contributed by atoms with Gasteiger partial charge >= 0.3 is 0 Å². The fourth-order valence-corrected chi connectivity index (χ4v) is 2.24. The fourth-order valence-electron chi connectivity index (χ4n) is 1.53. The Kier molecular flexibility index (Phi) is 4.36. The minimum atomic E-state index is -3.40. The molecule has 9 nitrogen and oxygen atoms in total. The van der Waals surface area contributed by atoms with Gasteiger partial charge in [0.1, 0.15) is 28.8 Å². The first kappa shape index (κ1) is 15.2. The number of nitrogens with zero attached hydrogens (tertiary/aromatic N) is 4. The van der Waals surface area contributed by atoms with Gasteiger partial charge in [-0.05, 0) is 19.0 Å². The molecule has 0 saturated carbocycles. The summed E-state index contributed by atoms with van der Waals surface area (Å²) < 4.78 is 33.1. The zero-order valence-electron chi connectivity index (χ0n) is 11.8. The molecule has 0 saturated heterocycles. The summed E-state index contributed by atoms with van der Waals surface area (Å²) in [5.41, 5.74) is 0.546. The van der Waals surface area contributed by atoms with E-state index in [1.807, 2.05) is 0 Å². The van der Waals surface area contributed by atoms with E-state index in [9.17, 15) is 8.42 Å². The van der Waals surface area contributed by atoms with Gasteiger partial charge < -0.3 is 10.1 Å². The van der Waals surface area contributed by atoms with E-state index in [1.54, 1.807) is 13.8 Å². The van der Waals surface area contributed by atoms with Gasteiger partial charge in [-0.15, -0.1) is 0 Å². The molecule has 21 heavy (non-hydrogen) atoms. The van der Waals surface area contributed by atoms with Gasteiger partial charge in [-0.25, -0.2) is 23.0 Å². The Labute approximate surface area is 121 Å². The number of sulfone groups is 1. The molecule has 0 fully saturated rings. The average molecular weight is 313 g/mol. The summed E-state index contributed by atoms with van der Waals surface area (Å²) in [5, 5.41) is 10.1. The first-order chi connectivity index (χ1) is 9.88. The number of nitrogens with one attached hydrogen (secondary N) is 1. The molecule has 2 aromatic rings. The van der Waals surface area contributed by atoms with Crippen LogP contribution in [0.5, 0.6) is 5.88 Å². The highest BCUT2D eigenvalue weighted by atomic mass is 32.2. The van der Waals surface area contributed by atoms with Crippen molar-refractivity contribution in [3.05, 3.63) is 17.7 Å². The van der Waals surface area contributed by atoms with E-state index in [1.165, 1.54) is 6.20 Å². The summed E-state index contributed by atoms with van der Waals surface area (Å²) in [6, 6.07) is 0. The molecular formula is C11H15N5O4S. The lowest BCUT2D eigenvalue weighted by Crippen LogP contribution is -2.16. The Hall–Kier alpha value is -2.23. The molecule has 0 bridgehead atoms. The van der Waals surface area contributed by atoms with E-state index >= 15 is 0 Å². The lowest BCUT2D eigenvalue weighted by molar-refractivity contribution is 0.261. The smallest absolute Gasteiger partial charge is 0.278 e. The van der Waals surface area contributed by atoms with Crippen LogP contribution in [0.4, 0.5) is 5.82 Å². The third-order valence-electron chi connectivity index (χ3n) is 2.52. The molecular weight excluding hydrogens is 298 g/mol. The van der Waals surface area contributed by atoms with Crippen molar-refractivity contribution in [2.24, 2.45) is 0 Å². The van der Waals surface area contributed by atoms with E-state index < -0.39 is 9.84 Å². The van der Waals surface area contributed by atoms with E-state index in [0.29, 0.717) is 23.9 Å². The second-order valence-electron chi connectivity index (χ2n) is 4.33. The van der Waals surface area contributed by atoms with Gasteiger partial charge in [-0.1, -0.05) is 5.16 Å². The van der Waals surface area contributed by atoms with Crippen LogP contribution in [0.1, 0.15) is 11.5 Å². The lowest BCUT2D eigenvalue weighted by Gasteiger charge is -2.10. The highest BCUT2D eigenvalue weighted by molar-refractivity contribution is 7.90. The Morgan fingerprint density at radius 1 is 1.33 bits per heavy atom. The predicted octanol–water partition coefficient (Wildman–Crippen LogP) is 0.371. The molecule has 10 heteroatoms. The standard InChI is InChI=1S/C11H15N5O4S/c1-7-11(16-20-15-7)19-5-4-12-10-9(21(3,17)18)6-13-8(2)14-10/h6H,4-5H2,1-3H3,(H,12,13,14). The molecule has 2 heterocycles. The normalized spacial score (nSPS) is 11.4. The van der Waals surface area contributed by atoms with Gasteiger partial charge in [0.05, 0.1) is 12.7 Å². The van der Waals surface area contributed by atoms with E-state index in [-0.39, 0.29) is 17.3 Å². The maximum Gasteiger partial charge on any atom is 0.278 e. The van der Waals surface area contributed by atoms with Gasteiger partial charge in [0.2, 0.25) is 0 Å². The largest absolute Gasteiger partial charge is 0.472 e. The quantitative estimate of drug-likeness (QED) is 0.754. The van der Waals surface area contributed by atoms with Gasteiger partial charge in [0.25, 0.3) is 5.88 Å². The molecule has 0 aliphatic rings. The number of hydrogen-bond donors (Lipinski definition) is 1. The van der Waals surface area contributed by atoms with Crippen molar-refractivity contribution in [3.8, 4) is 5.88 Å². The van der Waals surface area contributed by atoms with Crippen LogP contribution in [-0.2, 0) is 9.84 Å². The van der Waals surface area contributed by atoms with Crippen molar-refractivity contribution in [1.82, 2.24) is 20.3 Å². The monoisotopic (exact) mass is 313 g/mol. The third-order valence-corrected chi connectivity index (χ3v) is 3.62. The maximum absolute atomic E-state index is 11.6. The first-order valence-corrected chi connectivity index (χ1v) is 7.96. The fraction of sp³-hybridized carbons (Fsp3) is 0.455. The van der Waals surface area contributed by atoms with Crippen LogP contribution in [0.15, 0.2) is 15.7 Å². The SMILES string of the molecule is Cc1ncc(S(C)(=O)=O)c(NCCOc2nonc2C)n1. The zero-order chi connectivity index (χ0) is 15.5. The van der Waals surface area contributed by atoms with Crippen molar-refractivity contribution >= 4 is 15.7 Å². The van der Waals surface area contributed by atoms with Crippen LogP contribution in [0.25, 0.3) is 0 Å². The average Bonchev–Trinajstić information content (AvgIpc) is 2.79. The molecule has 0 radical (unpaired) electrons. The predicted molar refractivity (Wildman–Crippen MR) is 72.9 cm³/mol. The maximum atomic E-state index is 11.6. The molecule has 114 valence electrons. The van der Waals surface area contributed by atoms with Crippen LogP contribution >= 0.6 is 0 Å². The molecule has 0 aliphatic heterocycles. The van der Waals surface area contributed by atoms with Crippen molar-refractivity contribution in [1.29, 1.82) is 0 Å². The number of rotatable bonds is 6. The van der Waals surface area contributed by atoms with E-state index in [0.717, 1.165) is 6.26 Å². The van der Waals surface area contributed by atoms with Gasteiger partial charge in [0.15, 0.2) is 9.84 Å². The summed E-state index contributed by atoms with van der Waals surface area (Å²) >= 11 is 0. The molecule has 0 unspecified atom stereocenters. The summed E-state index contributed by atoms with van der Waals surface area (Å²) in [6.07, 6.45) is 2.39. The highest BCUT2D eigenvalue weighted by Gasteiger charge is 2.15. The topological polar surface area (TPSA) is 120 Å². The number of anilines is 1. The van der Waals surface area contributed by atoms with Gasteiger partial charge in [-0.3, -0.25) is 0 Å². The molecule has 0 aliphatic carbocycles. The third kappa shape index (κ3) is 3.88. The summed E-state index contributed by atoms with van der Waals surface area (Å²) in [4.78, 5) is 8.03. The molecule has 2 aromatic heterocycles. The second kappa shape index (κ2) is 6.04. The van der Waals surface area contributed by atoms with Crippen LogP contribution in [0, 0.1) is 13.8 Å². The summed E-state index contributed by atoms with van der Waals surface area (Å²) in [7, 11) is -3.40.